The van der Waals surface area contributed by atoms with Gasteiger partial charge in [-0.3, -0.25) is 0 Å². The Balaban J connectivity index is 2.75. The molecule has 13 heavy (non-hydrogen) atoms. The van der Waals surface area contributed by atoms with Crippen LogP contribution in [0.4, 0.5) is 5.69 Å². The van der Waals surface area contributed by atoms with Crippen LogP contribution in [0.2, 0.25) is 0 Å². The minimum Gasteiger partial charge on any atom is -0.383 e. The van der Waals surface area contributed by atoms with E-state index < -0.39 is 0 Å². The lowest BCUT2D eigenvalue weighted by atomic mass is 10.1. The molecule has 0 aliphatic heterocycles. The van der Waals surface area contributed by atoms with Gasteiger partial charge in [-0.25, -0.2) is 0 Å². The lowest BCUT2D eigenvalue weighted by molar-refractivity contribution is 0.983. The fourth-order valence-electron chi connectivity index (χ4n) is 1.34. The fraction of sp³-hybridized carbons (Fsp3) is 0.455. The highest BCUT2D eigenvalue weighted by Crippen LogP contribution is 2.19. The molecule has 1 nitrogen and oxygen atoms in total. The van der Waals surface area contributed by atoms with Crippen molar-refractivity contribution < 1.29 is 0 Å². The molecule has 72 valence electrons. The summed E-state index contributed by atoms with van der Waals surface area (Å²) in [5.74, 6) is 0. The number of hydrogen-bond acceptors (Lipinski definition) is 1. The molecular formula is C11H16ClN. The number of benzene rings is 1. The Morgan fingerprint density at radius 1 is 1.31 bits per heavy atom. The Morgan fingerprint density at radius 3 is 2.31 bits per heavy atom. The average Bonchev–Trinajstić information content (AvgIpc) is 2.03. The third-order valence-corrected chi connectivity index (χ3v) is 2.20. The summed E-state index contributed by atoms with van der Waals surface area (Å²) in [6.07, 6.45) is 0. The lowest BCUT2D eigenvalue weighted by Crippen LogP contribution is -2.12. The van der Waals surface area contributed by atoms with Crippen LogP contribution in [0.15, 0.2) is 18.2 Å². The SMILES string of the molecule is Cc1cccc(C)c1NCC(C)Cl. The van der Waals surface area contributed by atoms with Crippen LogP contribution in [-0.4, -0.2) is 11.9 Å². The summed E-state index contributed by atoms with van der Waals surface area (Å²) in [6.45, 7) is 7.01. The number of para-hydroxylation sites is 1. The normalized spacial score (nSPS) is 12.6. The Kier molecular flexibility index (Phi) is 3.61. The molecule has 1 N–H and O–H groups in total. The van der Waals surface area contributed by atoms with E-state index in [9.17, 15) is 0 Å². The molecule has 0 aromatic heterocycles. The summed E-state index contributed by atoms with van der Waals surface area (Å²) in [4.78, 5) is 0. The quantitative estimate of drug-likeness (QED) is 0.733. The third kappa shape index (κ3) is 2.92. The second kappa shape index (κ2) is 4.52. The smallest absolute Gasteiger partial charge is 0.0480 e. The zero-order valence-electron chi connectivity index (χ0n) is 8.39. The van der Waals surface area contributed by atoms with Gasteiger partial charge in [-0.1, -0.05) is 18.2 Å². The first kappa shape index (κ1) is 10.4. The molecule has 1 aromatic rings. The van der Waals surface area contributed by atoms with Crippen LogP contribution in [-0.2, 0) is 0 Å². The van der Waals surface area contributed by atoms with Gasteiger partial charge in [0.2, 0.25) is 0 Å². The predicted molar refractivity (Wildman–Crippen MR) is 59.7 cm³/mol. The molecule has 0 radical (unpaired) electrons. The van der Waals surface area contributed by atoms with Gasteiger partial charge in [0.05, 0.1) is 0 Å². The van der Waals surface area contributed by atoms with Crippen LogP contribution in [0.3, 0.4) is 0 Å². The summed E-state index contributed by atoms with van der Waals surface area (Å²) in [5, 5.41) is 3.51. The topological polar surface area (TPSA) is 12.0 Å². The monoisotopic (exact) mass is 197 g/mol. The van der Waals surface area contributed by atoms with Crippen molar-refractivity contribution in [1.82, 2.24) is 0 Å². The van der Waals surface area contributed by atoms with E-state index in [-0.39, 0.29) is 5.38 Å². The first-order chi connectivity index (χ1) is 6.11. The molecule has 1 atom stereocenters. The predicted octanol–water partition coefficient (Wildman–Crippen LogP) is 3.34. The molecule has 0 aliphatic carbocycles. The van der Waals surface area contributed by atoms with Crippen LogP contribution in [0.5, 0.6) is 0 Å². The first-order valence-corrected chi connectivity index (χ1v) is 4.99. The van der Waals surface area contributed by atoms with Gasteiger partial charge in [0.1, 0.15) is 0 Å². The van der Waals surface area contributed by atoms with Crippen molar-refractivity contribution in [3.63, 3.8) is 0 Å². The molecule has 1 rings (SSSR count). The fourth-order valence-corrected chi connectivity index (χ4v) is 1.41. The van der Waals surface area contributed by atoms with Gasteiger partial charge in [-0.05, 0) is 31.9 Å². The number of hydrogen-bond donors (Lipinski definition) is 1. The van der Waals surface area contributed by atoms with Crippen molar-refractivity contribution in [3.05, 3.63) is 29.3 Å². The van der Waals surface area contributed by atoms with Gasteiger partial charge in [0, 0.05) is 17.6 Å². The molecule has 0 bridgehead atoms. The number of halogens is 1. The lowest BCUT2D eigenvalue weighted by Gasteiger charge is -2.13. The van der Waals surface area contributed by atoms with Crippen LogP contribution < -0.4 is 5.32 Å². The summed E-state index contributed by atoms with van der Waals surface area (Å²) in [7, 11) is 0. The highest BCUT2D eigenvalue weighted by Gasteiger charge is 2.02. The van der Waals surface area contributed by atoms with E-state index in [4.69, 9.17) is 11.6 Å². The number of nitrogens with one attached hydrogen (secondary N) is 1. The maximum absolute atomic E-state index is 5.87. The molecule has 0 heterocycles. The minimum absolute atomic E-state index is 0.166. The van der Waals surface area contributed by atoms with Crippen molar-refractivity contribution in [2.45, 2.75) is 26.1 Å². The van der Waals surface area contributed by atoms with E-state index in [0.717, 1.165) is 6.54 Å². The van der Waals surface area contributed by atoms with Crippen LogP contribution in [0, 0.1) is 13.8 Å². The summed E-state index contributed by atoms with van der Waals surface area (Å²) in [6, 6.07) is 6.28. The maximum Gasteiger partial charge on any atom is 0.0480 e. The van der Waals surface area contributed by atoms with Gasteiger partial charge in [-0.2, -0.15) is 0 Å². The first-order valence-electron chi connectivity index (χ1n) is 4.55. The van der Waals surface area contributed by atoms with Crippen molar-refractivity contribution in [3.8, 4) is 0 Å². The van der Waals surface area contributed by atoms with E-state index in [1.807, 2.05) is 6.92 Å². The maximum atomic E-state index is 5.87. The van der Waals surface area contributed by atoms with Crippen molar-refractivity contribution in [1.29, 1.82) is 0 Å². The Hall–Kier alpha value is -0.690. The number of rotatable bonds is 3. The third-order valence-electron chi connectivity index (χ3n) is 2.04. The van der Waals surface area contributed by atoms with E-state index >= 15 is 0 Å². The number of anilines is 1. The molecule has 0 aliphatic rings. The van der Waals surface area contributed by atoms with Crippen LogP contribution >= 0.6 is 11.6 Å². The van der Waals surface area contributed by atoms with Crippen molar-refractivity contribution >= 4 is 17.3 Å². The van der Waals surface area contributed by atoms with Crippen molar-refractivity contribution in [2.75, 3.05) is 11.9 Å². The molecule has 0 saturated heterocycles. The van der Waals surface area contributed by atoms with Gasteiger partial charge in [0.25, 0.3) is 0 Å². The van der Waals surface area contributed by atoms with Crippen LogP contribution in [0.1, 0.15) is 18.1 Å². The highest BCUT2D eigenvalue weighted by atomic mass is 35.5. The molecule has 0 amide bonds. The number of aryl methyl sites for hydroxylation is 2. The summed E-state index contributed by atoms with van der Waals surface area (Å²) < 4.78 is 0. The number of alkyl halides is 1. The molecule has 2 heteroatoms. The van der Waals surface area contributed by atoms with Gasteiger partial charge in [-0.15, -0.1) is 11.6 Å². The van der Waals surface area contributed by atoms with E-state index in [1.54, 1.807) is 0 Å². The van der Waals surface area contributed by atoms with Crippen molar-refractivity contribution in [2.24, 2.45) is 0 Å². The van der Waals surface area contributed by atoms with Gasteiger partial charge >= 0.3 is 0 Å². The summed E-state index contributed by atoms with van der Waals surface area (Å²) in [5.41, 5.74) is 3.77. The zero-order chi connectivity index (χ0) is 9.84. The Morgan fingerprint density at radius 2 is 1.85 bits per heavy atom. The Labute approximate surface area is 85.1 Å². The second-order valence-corrected chi connectivity index (χ2v) is 4.17. The largest absolute Gasteiger partial charge is 0.383 e. The molecule has 1 unspecified atom stereocenters. The summed E-state index contributed by atoms with van der Waals surface area (Å²) >= 11 is 5.87. The van der Waals surface area contributed by atoms with E-state index in [1.165, 1.54) is 16.8 Å². The highest BCUT2D eigenvalue weighted by molar-refractivity contribution is 6.20. The Bertz CT molecular complexity index is 261. The molecular weight excluding hydrogens is 182 g/mol. The second-order valence-electron chi connectivity index (χ2n) is 3.43. The van der Waals surface area contributed by atoms with Gasteiger partial charge in [0.15, 0.2) is 0 Å². The van der Waals surface area contributed by atoms with E-state index in [2.05, 4.69) is 37.4 Å². The standard InChI is InChI=1S/C11H16ClN/c1-8-5-4-6-9(2)11(8)13-7-10(3)12/h4-6,10,13H,7H2,1-3H3. The molecule has 0 saturated carbocycles. The van der Waals surface area contributed by atoms with Gasteiger partial charge < -0.3 is 5.32 Å². The zero-order valence-corrected chi connectivity index (χ0v) is 9.15. The van der Waals surface area contributed by atoms with Crippen LogP contribution in [0.25, 0.3) is 0 Å². The molecule has 0 spiro atoms. The molecule has 1 aromatic carbocycles. The minimum atomic E-state index is 0.166. The van der Waals surface area contributed by atoms with E-state index in [0.29, 0.717) is 0 Å². The average molecular weight is 198 g/mol. The molecule has 0 fully saturated rings.